The van der Waals surface area contributed by atoms with Crippen molar-refractivity contribution in [3.63, 3.8) is 0 Å². The molecular formula is C17H23N3. The van der Waals surface area contributed by atoms with E-state index in [9.17, 15) is 0 Å². The van der Waals surface area contributed by atoms with Crippen LogP contribution in [0.2, 0.25) is 0 Å². The molecule has 1 atom stereocenters. The summed E-state index contributed by atoms with van der Waals surface area (Å²) in [5, 5.41) is 3.40. The number of hydrogen-bond donors (Lipinski definition) is 2. The van der Waals surface area contributed by atoms with Crippen molar-refractivity contribution in [1.29, 1.82) is 0 Å². The molecule has 0 saturated carbocycles. The van der Waals surface area contributed by atoms with E-state index in [0.717, 1.165) is 24.6 Å². The molecule has 0 spiro atoms. The largest absolute Gasteiger partial charge is 0.342 e. The number of nitrogens with zero attached hydrogens (tertiary/aromatic N) is 1. The summed E-state index contributed by atoms with van der Waals surface area (Å²) < 4.78 is 0. The van der Waals surface area contributed by atoms with Crippen LogP contribution in [0.5, 0.6) is 0 Å². The van der Waals surface area contributed by atoms with Crippen LogP contribution < -0.4 is 5.32 Å². The molecular weight excluding hydrogens is 246 g/mol. The van der Waals surface area contributed by atoms with Crippen LogP contribution in [-0.4, -0.2) is 23.1 Å². The highest BCUT2D eigenvalue weighted by atomic mass is 15.0. The van der Waals surface area contributed by atoms with Gasteiger partial charge in [0.15, 0.2) is 0 Å². The molecule has 3 nitrogen and oxygen atoms in total. The molecule has 2 heterocycles. The quantitative estimate of drug-likeness (QED) is 0.894. The molecule has 2 aromatic rings. The third kappa shape index (κ3) is 2.50. The van der Waals surface area contributed by atoms with Gasteiger partial charge in [-0.2, -0.15) is 0 Å². The van der Waals surface area contributed by atoms with Crippen molar-refractivity contribution >= 4 is 0 Å². The molecule has 3 rings (SSSR count). The van der Waals surface area contributed by atoms with Crippen molar-refractivity contribution in [3.05, 3.63) is 41.3 Å². The Morgan fingerprint density at radius 3 is 2.85 bits per heavy atom. The fraction of sp³-hybridized carbons (Fsp3) is 0.471. The van der Waals surface area contributed by atoms with Crippen LogP contribution in [0, 0.1) is 6.92 Å². The van der Waals surface area contributed by atoms with E-state index in [1.54, 1.807) is 0 Å². The minimum atomic E-state index is 0.539. The van der Waals surface area contributed by atoms with E-state index < -0.39 is 0 Å². The predicted octanol–water partition coefficient (Wildman–Crippen LogP) is 3.59. The Morgan fingerprint density at radius 2 is 2.15 bits per heavy atom. The maximum atomic E-state index is 4.59. The summed E-state index contributed by atoms with van der Waals surface area (Å²) in [5.74, 6) is 2.22. The van der Waals surface area contributed by atoms with Crippen molar-refractivity contribution in [2.45, 2.75) is 39.0 Å². The molecule has 0 bridgehead atoms. The Hall–Kier alpha value is -1.61. The minimum absolute atomic E-state index is 0.539. The van der Waals surface area contributed by atoms with E-state index in [4.69, 9.17) is 0 Å². The van der Waals surface area contributed by atoms with Crippen LogP contribution in [0.3, 0.4) is 0 Å². The highest BCUT2D eigenvalue weighted by molar-refractivity contribution is 5.64. The first-order valence-electron chi connectivity index (χ1n) is 7.51. The molecule has 1 aliphatic rings. The standard InChI is InChI=1S/C17H23N3/c1-11(2)13-5-4-12(3)15(8-13)16-10-19-17(20-16)14-6-7-18-9-14/h4-5,8,10-11,14,18H,6-7,9H2,1-3H3,(H,19,20). The van der Waals surface area contributed by atoms with Gasteiger partial charge in [-0.15, -0.1) is 0 Å². The van der Waals surface area contributed by atoms with Crippen LogP contribution in [0.1, 0.15) is 49.1 Å². The molecule has 106 valence electrons. The lowest BCUT2D eigenvalue weighted by atomic mass is 9.96. The average molecular weight is 269 g/mol. The van der Waals surface area contributed by atoms with Crippen LogP contribution in [0.4, 0.5) is 0 Å². The molecule has 1 fully saturated rings. The van der Waals surface area contributed by atoms with E-state index in [2.05, 4.69) is 54.3 Å². The van der Waals surface area contributed by atoms with Crippen molar-refractivity contribution in [3.8, 4) is 11.3 Å². The van der Waals surface area contributed by atoms with Gasteiger partial charge >= 0.3 is 0 Å². The first kappa shape index (κ1) is 13.4. The normalized spacial score (nSPS) is 18.9. The summed E-state index contributed by atoms with van der Waals surface area (Å²) >= 11 is 0. The monoisotopic (exact) mass is 269 g/mol. The third-order valence-corrected chi connectivity index (χ3v) is 4.26. The second kappa shape index (κ2) is 5.41. The van der Waals surface area contributed by atoms with Crippen molar-refractivity contribution in [2.75, 3.05) is 13.1 Å². The number of hydrogen-bond acceptors (Lipinski definition) is 2. The molecule has 1 saturated heterocycles. The van der Waals surface area contributed by atoms with Gasteiger partial charge in [-0.1, -0.05) is 26.0 Å². The van der Waals surface area contributed by atoms with Gasteiger partial charge < -0.3 is 10.3 Å². The van der Waals surface area contributed by atoms with Crippen molar-refractivity contribution in [1.82, 2.24) is 15.3 Å². The number of rotatable bonds is 3. The summed E-state index contributed by atoms with van der Waals surface area (Å²) in [6, 6.07) is 6.73. The van der Waals surface area contributed by atoms with Crippen molar-refractivity contribution in [2.24, 2.45) is 0 Å². The molecule has 1 aliphatic heterocycles. The number of aromatic nitrogens is 2. The summed E-state index contributed by atoms with van der Waals surface area (Å²) in [7, 11) is 0. The molecule has 2 N–H and O–H groups in total. The zero-order valence-corrected chi connectivity index (χ0v) is 12.5. The minimum Gasteiger partial charge on any atom is -0.342 e. The number of aryl methyl sites for hydroxylation is 1. The van der Waals surface area contributed by atoms with Gasteiger partial charge in [0.2, 0.25) is 0 Å². The second-order valence-corrected chi connectivity index (χ2v) is 6.10. The first-order valence-corrected chi connectivity index (χ1v) is 7.51. The Balaban J connectivity index is 1.94. The summed E-state index contributed by atoms with van der Waals surface area (Å²) in [4.78, 5) is 8.12. The smallest absolute Gasteiger partial charge is 0.110 e. The van der Waals surface area contributed by atoms with Gasteiger partial charge in [0.1, 0.15) is 5.82 Å². The first-order chi connectivity index (χ1) is 9.65. The Labute approximate surface area is 120 Å². The summed E-state index contributed by atoms with van der Waals surface area (Å²) in [6.45, 7) is 8.77. The molecule has 0 aliphatic carbocycles. The lowest BCUT2D eigenvalue weighted by molar-refractivity contribution is 0.714. The summed E-state index contributed by atoms with van der Waals surface area (Å²) in [5.41, 5.74) is 5.10. The third-order valence-electron chi connectivity index (χ3n) is 4.26. The number of aromatic amines is 1. The lowest BCUT2D eigenvalue weighted by Gasteiger charge is -2.10. The fourth-order valence-electron chi connectivity index (χ4n) is 2.86. The number of imidazole rings is 1. The average Bonchev–Trinajstić information content (AvgIpc) is 3.10. The molecule has 1 unspecified atom stereocenters. The zero-order valence-electron chi connectivity index (χ0n) is 12.5. The molecule has 0 radical (unpaired) electrons. The second-order valence-electron chi connectivity index (χ2n) is 6.10. The molecule has 1 aromatic carbocycles. The van der Waals surface area contributed by atoms with E-state index in [1.807, 2.05) is 6.20 Å². The highest BCUT2D eigenvalue weighted by Gasteiger charge is 2.20. The fourth-order valence-corrected chi connectivity index (χ4v) is 2.86. The lowest BCUT2D eigenvalue weighted by Crippen LogP contribution is -2.08. The SMILES string of the molecule is Cc1ccc(C(C)C)cc1-c1cnc(C2CCNC2)[nH]1. The highest BCUT2D eigenvalue weighted by Crippen LogP contribution is 2.28. The number of benzene rings is 1. The molecule has 1 aromatic heterocycles. The molecule has 0 amide bonds. The van der Waals surface area contributed by atoms with Crippen LogP contribution in [0.15, 0.2) is 24.4 Å². The maximum absolute atomic E-state index is 4.59. The van der Waals surface area contributed by atoms with E-state index in [1.165, 1.54) is 23.1 Å². The van der Waals surface area contributed by atoms with Gasteiger partial charge in [0.05, 0.1) is 11.9 Å². The van der Waals surface area contributed by atoms with Crippen LogP contribution in [-0.2, 0) is 0 Å². The van der Waals surface area contributed by atoms with E-state index in [-0.39, 0.29) is 0 Å². The van der Waals surface area contributed by atoms with Gasteiger partial charge in [-0.3, -0.25) is 0 Å². The molecule has 20 heavy (non-hydrogen) atoms. The van der Waals surface area contributed by atoms with Gasteiger partial charge in [-0.05, 0) is 43.0 Å². The molecule has 3 heteroatoms. The van der Waals surface area contributed by atoms with Crippen LogP contribution in [0.25, 0.3) is 11.3 Å². The Morgan fingerprint density at radius 1 is 1.30 bits per heavy atom. The predicted molar refractivity (Wildman–Crippen MR) is 83.1 cm³/mol. The van der Waals surface area contributed by atoms with Crippen molar-refractivity contribution < 1.29 is 0 Å². The van der Waals surface area contributed by atoms with Crippen LogP contribution >= 0.6 is 0 Å². The van der Waals surface area contributed by atoms with Gasteiger partial charge in [0, 0.05) is 18.0 Å². The summed E-state index contributed by atoms with van der Waals surface area (Å²) in [6.07, 6.45) is 3.16. The Kier molecular flexibility index (Phi) is 3.62. The van der Waals surface area contributed by atoms with E-state index >= 15 is 0 Å². The van der Waals surface area contributed by atoms with Gasteiger partial charge in [0.25, 0.3) is 0 Å². The van der Waals surface area contributed by atoms with E-state index in [0.29, 0.717) is 11.8 Å². The Bertz CT molecular complexity index is 592. The van der Waals surface area contributed by atoms with Gasteiger partial charge in [-0.25, -0.2) is 4.98 Å². The topological polar surface area (TPSA) is 40.7 Å². The number of H-pyrrole nitrogens is 1. The zero-order chi connectivity index (χ0) is 14.1. The maximum Gasteiger partial charge on any atom is 0.110 e. The number of nitrogens with one attached hydrogen (secondary N) is 2.